The van der Waals surface area contributed by atoms with Gasteiger partial charge in [-0.05, 0) is 41.9 Å². The van der Waals surface area contributed by atoms with Crippen LogP contribution in [0.2, 0.25) is 0 Å². The van der Waals surface area contributed by atoms with E-state index in [1.165, 1.54) is 35.3 Å². The van der Waals surface area contributed by atoms with Crippen LogP contribution in [-0.4, -0.2) is 29.2 Å². The van der Waals surface area contributed by atoms with Gasteiger partial charge in [-0.15, -0.1) is 0 Å². The van der Waals surface area contributed by atoms with E-state index < -0.39 is 6.43 Å². The summed E-state index contributed by atoms with van der Waals surface area (Å²) in [6.45, 7) is 0.201. The van der Waals surface area contributed by atoms with E-state index in [1.807, 2.05) is 6.07 Å². The van der Waals surface area contributed by atoms with Crippen molar-refractivity contribution in [3.63, 3.8) is 0 Å². The molecule has 32 heavy (non-hydrogen) atoms. The molecule has 2 aliphatic rings. The maximum atomic E-state index is 12.5. The average Bonchev–Trinajstić information content (AvgIpc) is 3.19. The number of aromatic nitrogens is 6. The molecular formula is C22H20F2N6O2. The van der Waals surface area contributed by atoms with Crippen molar-refractivity contribution in [2.75, 3.05) is 0 Å². The number of hydrogen-bond donors (Lipinski definition) is 0. The summed E-state index contributed by atoms with van der Waals surface area (Å²) in [5, 5.41) is 3.48. The van der Waals surface area contributed by atoms with E-state index >= 15 is 0 Å². The van der Waals surface area contributed by atoms with E-state index in [4.69, 9.17) is 4.52 Å². The third-order valence-electron chi connectivity index (χ3n) is 5.80. The fourth-order valence-electron chi connectivity index (χ4n) is 4.00. The van der Waals surface area contributed by atoms with E-state index in [2.05, 4.69) is 26.2 Å². The van der Waals surface area contributed by atoms with Crippen LogP contribution in [-0.2, 0) is 13.6 Å². The van der Waals surface area contributed by atoms with Gasteiger partial charge in [-0.25, -0.2) is 18.7 Å². The summed E-state index contributed by atoms with van der Waals surface area (Å²) in [5.74, 6) is 1.92. The third kappa shape index (κ3) is 3.95. The molecule has 1 aromatic carbocycles. The first-order chi connectivity index (χ1) is 15.5. The van der Waals surface area contributed by atoms with Gasteiger partial charge in [0, 0.05) is 12.6 Å². The Hall–Kier alpha value is -3.69. The fourth-order valence-corrected chi connectivity index (χ4v) is 4.00. The van der Waals surface area contributed by atoms with Gasteiger partial charge in [-0.1, -0.05) is 29.4 Å². The third-order valence-corrected chi connectivity index (χ3v) is 5.80. The van der Waals surface area contributed by atoms with Crippen LogP contribution in [0.4, 0.5) is 8.78 Å². The second kappa shape index (κ2) is 8.10. The standard InChI is InChI=1S/C13H12F2.C9H8N6O2/c14-13(15)9-3-1-2-8(4-9)10-5-11-7-12(11)6-10;1-14-4-11-8-7(14)9(16)15(5-12-8)2-6-10-3-13-17-6/h1-5,11-13H,6-7H2;3-5H,2H2,1H3. The highest BCUT2D eigenvalue weighted by molar-refractivity contribution is 5.70. The molecule has 2 atom stereocenters. The molecule has 0 amide bonds. The zero-order valence-corrected chi connectivity index (χ0v) is 17.2. The lowest BCUT2D eigenvalue weighted by Gasteiger charge is -2.06. The highest BCUT2D eigenvalue weighted by atomic mass is 19.3. The highest BCUT2D eigenvalue weighted by Gasteiger charge is 2.40. The number of hydrogen-bond acceptors (Lipinski definition) is 6. The topological polar surface area (TPSA) is 91.6 Å². The van der Waals surface area contributed by atoms with Crippen LogP contribution in [0.3, 0.4) is 0 Å². The average molecular weight is 438 g/mol. The predicted molar refractivity (Wildman–Crippen MR) is 112 cm³/mol. The number of halogens is 2. The van der Waals surface area contributed by atoms with Crippen LogP contribution in [0.5, 0.6) is 0 Å². The molecule has 0 spiro atoms. The summed E-state index contributed by atoms with van der Waals surface area (Å²) < 4.78 is 32.9. The minimum absolute atomic E-state index is 0.133. The van der Waals surface area contributed by atoms with Crippen LogP contribution >= 0.6 is 0 Å². The van der Waals surface area contributed by atoms with Gasteiger partial charge in [-0.2, -0.15) is 4.98 Å². The number of aryl methyl sites for hydroxylation is 1. The minimum atomic E-state index is -2.36. The number of rotatable bonds is 4. The molecule has 3 aromatic heterocycles. The molecule has 0 radical (unpaired) electrons. The van der Waals surface area contributed by atoms with E-state index in [0.717, 1.165) is 23.8 Å². The van der Waals surface area contributed by atoms with Crippen LogP contribution in [0.1, 0.15) is 36.3 Å². The first-order valence-electron chi connectivity index (χ1n) is 10.2. The Balaban J connectivity index is 0.000000136. The van der Waals surface area contributed by atoms with E-state index in [0.29, 0.717) is 17.1 Å². The Morgan fingerprint density at radius 3 is 2.78 bits per heavy atom. The normalized spacial score (nSPS) is 18.9. The van der Waals surface area contributed by atoms with E-state index in [1.54, 1.807) is 30.1 Å². The summed E-state index contributed by atoms with van der Waals surface area (Å²) in [6, 6.07) is 6.77. The Morgan fingerprint density at radius 2 is 2.06 bits per heavy atom. The molecule has 164 valence electrons. The molecule has 10 heteroatoms. The molecule has 2 aliphatic carbocycles. The van der Waals surface area contributed by atoms with Crippen molar-refractivity contribution >= 4 is 16.7 Å². The second-order valence-electron chi connectivity index (χ2n) is 8.02. The monoisotopic (exact) mass is 438 g/mol. The lowest BCUT2D eigenvalue weighted by Crippen LogP contribution is -2.22. The van der Waals surface area contributed by atoms with Gasteiger partial charge >= 0.3 is 0 Å². The quantitative estimate of drug-likeness (QED) is 0.483. The van der Waals surface area contributed by atoms with Crippen molar-refractivity contribution in [2.45, 2.75) is 25.8 Å². The summed E-state index contributed by atoms with van der Waals surface area (Å²) in [6.07, 6.45) is 6.54. The van der Waals surface area contributed by atoms with E-state index in [9.17, 15) is 13.6 Å². The number of benzene rings is 1. The fraction of sp³-hybridized carbons (Fsp3) is 0.318. The zero-order chi connectivity index (χ0) is 22.2. The second-order valence-corrected chi connectivity index (χ2v) is 8.02. The first-order valence-corrected chi connectivity index (χ1v) is 10.2. The number of nitrogens with zero attached hydrogens (tertiary/aromatic N) is 6. The van der Waals surface area contributed by atoms with Gasteiger partial charge in [0.1, 0.15) is 12.9 Å². The van der Waals surface area contributed by atoms with Gasteiger partial charge < -0.3 is 9.09 Å². The van der Waals surface area contributed by atoms with Crippen molar-refractivity contribution in [3.05, 3.63) is 76.7 Å². The number of fused-ring (bicyclic) bond motifs is 2. The van der Waals surface area contributed by atoms with Crippen molar-refractivity contribution < 1.29 is 13.3 Å². The Morgan fingerprint density at radius 1 is 1.22 bits per heavy atom. The number of imidazole rings is 1. The van der Waals surface area contributed by atoms with Crippen molar-refractivity contribution in [1.29, 1.82) is 0 Å². The van der Waals surface area contributed by atoms with Crippen molar-refractivity contribution in [2.24, 2.45) is 18.9 Å². The number of alkyl halides is 2. The number of allylic oxidation sites excluding steroid dienone is 2. The molecule has 3 heterocycles. The molecule has 0 aliphatic heterocycles. The minimum Gasteiger partial charge on any atom is -0.338 e. The van der Waals surface area contributed by atoms with Crippen LogP contribution in [0.15, 0.2) is 58.6 Å². The lowest BCUT2D eigenvalue weighted by molar-refractivity contribution is 0.151. The summed E-state index contributed by atoms with van der Waals surface area (Å²) in [5.41, 5.74) is 3.08. The van der Waals surface area contributed by atoms with Gasteiger partial charge in [0.15, 0.2) is 17.5 Å². The zero-order valence-electron chi connectivity index (χ0n) is 17.2. The predicted octanol–water partition coefficient (Wildman–Crippen LogP) is 3.61. The molecule has 8 nitrogen and oxygen atoms in total. The molecule has 1 saturated carbocycles. The Labute approximate surface area is 181 Å². The lowest BCUT2D eigenvalue weighted by atomic mass is 10.0. The van der Waals surface area contributed by atoms with E-state index in [-0.39, 0.29) is 17.7 Å². The maximum absolute atomic E-state index is 12.5. The smallest absolute Gasteiger partial charge is 0.280 e. The molecule has 6 rings (SSSR count). The van der Waals surface area contributed by atoms with Crippen LogP contribution in [0, 0.1) is 11.8 Å². The van der Waals surface area contributed by atoms with Gasteiger partial charge in [0.2, 0.25) is 5.89 Å². The van der Waals surface area contributed by atoms with Crippen LogP contribution < -0.4 is 5.56 Å². The van der Waals surface area contributed by atoms with Crippen molar-refractivity contribution in [1.82, 2.24) is 29.2 Å². The van der Waals surface area contributed by atoms with Crippen LogP contribution in [0.25, 0.3) is 16.7 Å². The van der Waals surface area contributed by atoms with Gasteiger partial charge in [0.05, 0.1) is 6.33 Å². The molecule has 1 fully saturated rings. The summed E-state index contributed by atoms with van der Waals surface area (Å²) in [7, 11) is 1.75. The first kappa shape index (κ1) is 20.2. The maximum Gasteiger partial charge on any atom is 0.280 e. The van der Waals surface area contributed by atoms with Gasteiger partial charge in [0.25, 0.3) is 12.0 Å². The summed E-state index contributed by atoms with van der Waals surface area (Å²) in [4.78, 5) is 24.1. The summed E-state index contributed by atoms with van der Waals surface area (Å²) >= 11 is 0. The van der Waals surface area contributed by atoms with Gasteiger partial charge in [-0.3, -0.25) is 9.36 Å². The molecule has 4 aromatic rings. The molecule has 0 bridgehead atoms. The Kier molecular flexibility index (Phi) is 5.12. The van der Waals surface area contributed by atoms with Crippen molar-refractivity contribution in [3.8, 4) is 0 Å². The largest absolute Gasteiger partial charge is 0.338 e. The molecule has 2 unspecified atom stereocenters. The SMILES string of the molecule is Cn1cnc2ncn(Cc3ncno3)c(=O)c21.FC(F)c1cccc(C2=CC3CC3C2)c1. The molecular weight excluding hydrogens is 418 g/mol. The Bertz CT molecular complexity index is 1340. The molecule has 0 N–H and O–H groups in total. The highest BCUT2D eigenvalue weighted by Crippen LogP contribution is 2.52. The molecule has 0 saturated heterocycles.